The van der Waals surface area contributed by atoms with Crippen LogP contribution < -0.4 is 5.32 Å². The summed E-state index contributed by atoms with van der Waals surface area (Å²) >= 11 is 0. The molecule has 116 valence electrons. The van der Waals surface area contributed by atoms with Crippen molar-refractivity contribution in [2.75, 3.05) is 5.32 Å². The standard InChI is InChI=1S/C14H15FN4O3/c1-8(2)18-9(3)6-13(17-18)16-14(20)11-5-4-10(19(21)22)7-12(11)15/h4-8H,1-3H3,(H,16,17,20). The summed E-state index contributed by atoms with van der Waals surface area (Å²) < 4.78 is 15.5. The van der Waals surface area contributed by atoms with Crippen LogP contribution in [0.4, 0.5) is 15.9 Å². The number of carbonyl (C=O) groups excluding carboxylic acids is 1. The van der Waals surface area contributed by atoms with Crippen LogP contribution in [0.1, 0.15) is 35.9 Å². The van der Waals surface area contributed by atoms with Gasteiger partial charge in [-0.1, -0.05) is 0 Å². The Kier molecular flexibility index (Phi) is 4.20. The van der Waals surface area contributed by atoms with Gasteiger partial charge < -0.3 is 5.32 Å². The Balaban J connectivity index is 2.22. The molecule has 8 heteroatoms. The molecule has 0 unspecified atom stereocenters. The summed E-state index contributed by atoms with van der Waals surface area (Å²) in [5.74, 6) is -1.36. The summed E-state index contributed by atoms with van der Waals surface area (Å²) in [5, 5.41) is 17.2. The first-order chi connectivity index (χ1) is 10.3. The molecule has 0 spiro atoms. The SMILES string of the molecule is Cc1cc(NC(=O)c2ccc([N+](=O)[O-])cc2F)nn1C(C)C. The van der Waals surface area contributed by atoms with Gasteiger partial charge in [0.2, 0.25) is 0 Å². The van der Waals surface area contributed by atoms with Crippen molar-refractivity contribution in [1.82, 2.24) is 9.78 Å². The first-order valence-corrected chi connectivity index (χ1v) is 6.61. The van der Waals surface area contributed by atoms with E-state index in [1.54, 1.807) is 10.7 Å². The summed E-state index contributed by atoms with van der Waals surface area (Å²) in [6, 6.07) is 4.67. The van der Waals surface area contributed by atoms with Crippen molar-refractivity contribution in [1.29, 1.82) is 0 Å². The molecule has 0 aliphatic rings. The van der Waals surface area contributed by atoms with E-state index in [1.165, 1.54) is 0 Å². The van der Waals surface area contributed by atoms with Crippen molar-refractivity contribution >= 4 is 17.4 Å². The van der Waals surface area contributed by atoms with E-state index in [4.69, 9.17) is 0 Å². The van der Waals surface area contributed by atoms with E-state index in [-0.39, 0.29) is 11.6 Å². The number of hydrogen-bond donors (Lipinski definition) is 1. The number of aryl methyl sites for hydroxylation is 1. The number of nitro benzene ring substituents is 1. The zero-order chi connectivity index (χ0) is 16.4. The van der Waals surface area contributed by atoms with Crippen molar-refractivity contribution in [2.45, 2.75) is 26.8 Å². The van der Waals surface area contributed by atoms with Crippen molar-refractivity contribution in [3.63, 3.8) is 0 Å². The highest BCUT2D eigenvalue weighted by molar-refractivity contribution is 6.04. The molecule has 0 radical (unpaired) electrons. The Labute approximate surface area is 125 Å². The monoisotopic (exact) mass is 306 g/mol. The van der Waals surface area contributed by atoms with Gasteiger partial charge in [-0.15, -0.1) is 0 Å². The molecule has 1 N–H and O–H groups in total. The molecular weight excluding hydrogens is 291 g/mol. The largest absolute Gasteiger partial charge is 0.305 e. The third kappa shape index (κ3) is 3.11. The highest BCUT2D eigenvalue weighted by Crippen LogP contribution is 2.19. The van der Waals surface area contributed by atoms with E-state index in [1.807, 2.05) is 20.8 Å². The minimum absolute atomic E-state index is 0.127. The highest BCUT2D eigenvalue weighted by Gasteiger charge is 2.17. The second-order valence-corrected chi connectivity index (χ2v) is 5.08. The summed E-state index contributed by atoms with van der Waals surface area (Å²) in [4.78, 5) is 21.9. The van der Waals surface area contributed by atoms with Gasteiger partial charge in [0.05, 0.1) is 16.6 Å². The van der Waals surface area contributed by atoms with Gasteiger partial charge in [0.1, 0.15) is 5.82 Å². The van der Waals surface area contributed by atoms with Gasteiger partial charge >= 0.3 is 0 Å². The van der Waals surface area contributed by atoms with E-state index in [2.05, 4.69) is 10.4 Å². The summed E-state index contributed by atoms with van der Waals surface area (Å²) in [5.41, 5.74) is 0.172. The van der Waals surface area contributed by atoms with E-state index in [0.717, 1.165) is 17.8 Å². The molecule has 0 fully saturated rings. The van der Waals surface area contributed by atoms with Crippen molar-refractivity contribution in [3.8, 4) is 0 Å². The average Bonchev–Trinajstić information content (AvgIpc) is 2.79. The molecule has 1 aromatic heterocycles. The van der Waals surface area contributed by atoms with E-state index in [0.29, 0.717) is 11.9 Å². The number of nitrogens with one attached hydrogen (secondary N) is 1. The van der Waals surface area contributed by atoms with Crippen molar-refractivity contribution in [2.24, 2.45) is 0 Å². The lowest BCUT2D eigenvalue weighted by atomic mass is 10.2. The second kappa shape index (κ2) is 5.92. The molecule has 2 aromatic rings. The van der Waals surface area contributed by atoms with Crippen LogP contribution in [0.25, 0.3) is 0 Å². The van der Waals surface area contributed by atoms with Gasteiger partial charge in [-0.2, -0.15) is 5.10 Å². The summed E-state index contributed by atoms with van der Waals surface area (Å²) in [6.45, 7) is 5.73. The van der Waals surface area contributed by atoms with Crippen LogP contribution in [-0.2, 0) is 0 Å². The fraction of sp³-hybridized carbons (Fsp3) is 0.286. The zero-order valence-electron chi connectivity index (χ0n) is 12.3. The Morgan fingerprint density at radius 1 is 1.41 bits per heavy atom. The van der Waals surface area contributed by atoms with Gasteiger partial charge in [0.15, 0.2) is 5.82 Å². The van der Waals surface area contributed by atoms with Gasteiger partial charge in [0.25, 0.3) is 11.6 Å². The minimum atomic E-state index is -0.952. The molecule has 0 saturated carbocycles. The lowest BCUT2D eigenvalue weighted by Crippen LogP contribution is -2.15. The van der Waals surface area contributed by atoms with Crippen LogP contribution in [0, 0.1) is 22.9 Å². The van der Waals surface area contributed by atoms with Gasteiger partial charge in [0, 0.05) is 23.9 Å². The number of amides is 1. The van der Waals surface area contributed by atoms with Gasteiger partial charge in [-0.05, 0) is 26.8 Å². The van der Waals surface area contributed by atoms with Gasteiger partial charge in [-0.25, -0.2) is 4.39 Å². The smallest absolute Gasteiger partial charge is 0.272 e. The molecule has 0 bridgehead atoms. The fourth-order valence-corrected chi connectivity index (χ4v) is 2.06. The Morgan fingerprint density at radius 3 is 2.59 bits per heavy atom. The number of anilines is 1. The Bertz CT molecular complexity index is 740. The number of nitrogens with zero attached hydrogens (tertiary/aromatic N) is 3. The maximum absolute atomic E-state index is 13.8. The number of non-ortho nitro benzene ring substituents is 1. The predicted molar refractivity (Wildman–Crippen MR) is 78.4 cm³/mol. The Hall–Kier alpha value is -2.77. The summed E-state index contributed by atoms with van der Waals surface area (Å²) in [6.07, 6.45) is 0. The number of benzene rings is 1. The maximum Gasteiger partial charge on any atom is 0.272 e. The second-order valence-electron chi connectivity index (χ2n) is 5.08. The molecule has 0 saturated heterocycles. The molecule has 0 atom stereocenters. The number of hydrogen-bond acceptors (Lipinski definition) is 4. The van der Waals surface area contributed by atoms with Crippen LogP contribution in [0.2, 0.25) is 0 Å². The lowest BCUT2D eigenvalue weighted by molar-refractivity contribution is -0.385. The quantitative estimate of drug-likeness (QED) is 0.694. The van der Waals surface area contributed by atoms with Crippen LogP contribution in [0.3, 0.4) is 0 Å². The summed E-state index contributed by atoms with van der Waals surface area (Å²) in [7, 11) is 0. The number of halogens is 1. The van der Waals surface area contributed by atoms with Crippen LogP contribution in [0.15, 0.2) is 24.3 Å². The van der Waals surface area contributed by atoms with E-state index < -0.39 is 22.3 Å². The Morgan fingerprint density at radius 2 is 2.09 bits per heavy atom. The van der Waals surface area contributed by atoms with Crippen molar-refractivity contribution in [3.05, 3.63) is 51.5 Å². The van der Waals surface area contributed by atoms with Gasteiger partial charge in [-0.3, -0.25) is 19.6 Å². The third-order valence-electron chi connectivity index (χ3n) is 3.06. The molecule has 1 heterocycles. The highest BCUT2D eigenvalue weighted by atomic mass is 19.1. The topological polar surface area (TPSA) is 90.1 Å². The molecule has 2 rings (SSSR count). The molecule has 0 aliphatic heterocycles. The number of aromatic nitrogens is 2. The van der Waals surface area contributed by atoms with E-state index in [9.17, 15) is 19.3 Å². The molecule has 22 heavy (non-hydrogen) atoms. The number of nitro groups is 1. The zero-order valence-corrected chi connectivity index (χ0v) is 12.3. The first-order valence-electron chi connectivity index (χ1n) is 6.61. The lowest BCUT2D eigenvalue weighted by Gasteiger charge is -2.07. The molecule has 7 nitrogen and oxygen atoms in total. The molecule has 0 aliphatic carbocycles. The molecule has 1 amide bonds. The number of rotatable bonds is 4. The first kappa shape index (κ1) is 15.6. The van der Waals surface area contributed by atoms with Crippen LogP contribution >= 0.6 is 0 Å². The van der Waals surface area contributed by atoms with Crippen LogP contribution in [0.5, 0.6) is 0 Å². The molecular formula is C14H15FN4O3. The maximum atomic E-state index is 13.8. The van der Waals surface area contributed by atoms with Crippen LogP contribution in [-0.4, -0.2) is 20.6 Å². The minimum Gasteiger partial charge on any atom is -0.305 e. The number of carbonyl (C=O) groups is 1. The normalized spacial score (nSPS) is 10.8. The average molecular weight is 306 g/mol. The van der Waals surface area contributed by atoms with E-state index >= 15 is 0 Å². The molecule has 1 aromatic carbocycles. The van der Waals surface area contributed by atoms with Crippen molar-refractivity contribution < 1.29 is 14.1 Å². The third-order valence-corrected chi connectivity index (χ3v) is 3.06. The predicted octanol–water partition coefficient (Wildman–Crippen LogP) is 3.07. The fourth-order valence-electron chi connectivity index (χ4n) is 2.06.